The van der Waals surface area contributed by atoms with Crippen LogP contribution in [0.2, 0.25) is 10.0 Å². The summed E-state index contributed by atoms with van der Waals surface area (Å²) < 4.78 is 24.1. The largest absolute Gasteiger partial charge is 0.484 e. The summed E-state index contributed by atoms with van der Waals surface area (Å²) in [5, 5.41) is 6.51. The molecule has 0 aromatic heterocycles. The zero-order valence-electron chi connectivity index (χ0n) is 15.8. The van der Waals surface area contributed by atoms with Crippen molar-refractivity contribution in [1.82, 2.24) is 10.6 Å². The molecule has 3 aliphatic rings. The molecule has 158 valence electrons. The number of halogens is 3. The average Bonchev–Trinajstić information content (AvgIpc) is 2.66. The average molecular weight is 453 g/mol. The first-order chi connectivity index (χ1) is 14.3. The summed E-state index contributed by atoms with van der Waals surface area (Å²) in [5.41, 5.74) is -0.593. The lowest BCUT2D eigenvalue weighted by molar-refractivity contribution is -0.151. The molecule has 2 aromatic rings. The van der Waals surface area contributed by atoms with Crippen LogP contribution in [-0.4, -0.2) is 36.1 Å². The molecule has 3 fully saturated rings. The van der Waals surface area contributed by atoms with Crippen LogP contribution in [0.4, 0.5) is 4.39 Å². The molecule has 0 spiro atoms. The van der Waals surface area contributed by atoms with Crippen LogP contribution >= 0.6 is 23.2 Å². The molecule has 2 amide bonds. The molecule has 0 radical (unpaired) electrons. The van der Waals surface area contributed by atoms with Gasteiger partial charge in [0, 0.05) is 22.2 Å². The SMILES string of the molecule is O=C(COc1ccc(Cl)cc1)NC12CC(NC(=O)COc3ccc(Cl)c(F)c3)(C1)C2. The minimum Gasteiger partial charge on any atom is -0.484 e. The van der Waals surface area contributed by atoms with Gasteiger partial charge in [-0.25, -0.2) is 4.39 Å². The molecule has 0 unspecified atom stereocenters. The number of carbonyl (C=O) groups is 2. The molecule has 3 saturated carbocycles. The number of carbonyl (C=O) groups excluding carboxylic acids is 2. The fourth-order valence-corrected chi connectivity index (χ4v) is 4.36. The van der Waals surface area contributed by atoms with Gasteiger partial charge in [-0.2, -0.15) is 0 Å². The molecule has 3 aliphatic carbocycles. The third kappa shape index (κ3) is 4.47. The van der Waals surface area contributed by atoms with Gasteiger partial charge in [0.05, 0.1) is 5.02 Å². The lowest BCUT2D eigenvalue weighted by Crippen LogP contribution is -2.84. The zero-order valence-corrected chi connectivity index (χ0v) is 17.4. The summed E-state index contributed by atoms with van der Waals surface area (Å²) >= 11 is 11.4. The number of nitrogens with one attached hydrogen (secondary N) is 2. The summed E-state index contributed by atoms with van der Waals surface area (Å²) in [7, 11) is 0. The molecule has 0 heterocycles. The van der Waals surface area contributed by atoms with E-state index in [0.717, 1.165) is 6.07 Å². The van der Waals surface area contributed by atoms with Crippen molar-refractivity contribution in [1.29, 1.82) is 0 Å². The van der Waals surface area contributed by atoms with Crippen LogP contribution in [0.25, 0.3) is 0 Å². The number of benzene rings is 2. The Balaban J connectivity index is 1.17. The third-order valence-corrected chi connectivity index (χ3v) is 5.84. The second kappa shape index (κ2) is 7.96. The highest BCUT2D eigenvalue weighted by Crippen LogP contribution is 2.60. The van der Waals surface area contributed by atoms with Crippen LogP contribution in [0.1, 0.15) is 19.3 Å². The van der Waals surface area contributed by atoms with Crippen molar-refractivity contribution in [3.05, 3.63) is 58.3 Å². The van der Waals surface area contributed by atoms with Gasteiger partial charge in [-0.1, -0.05) is 23.2 Å². The van der Waals surface area contributed by atoms with Crippen molar-refractivity contribution in [2.45, 2.75) is 30.3 Å². The van der Waals surface area contributed by atoms with E-state index in [0.29, 0.717) is 30.0 Å². The van der Waals surface area contributed by atoms with Gasteiger partial charge in [-0.05, 0) is 55.7 Å². The highest BCUT2D eigenvalue weighted by molar-refractivity contribution is 6.30. The monoisotopic (exact) mass is 452 g/mol. The first kappa shape index (κ1) is 20.8. The van der Waals surface area contributed by atoms with E-state index in [2.05, 4.69) is 10.6 Å². The second-order valence-electron chi connectivity index (χ2n) is 7.79. The first-order valence-electron chi connectivity index (χ1n) is 9.35. The number of hydrogen-bond acceptors (Lipinski definition) is 4. The van der Waals surface area contributed by atoms with Crippen molar-refractivity contribution < 1.29 is 23.5 Å². The van der Waals surface area contributed by atoms with Gasteiger partial charge in [0.25, 0.3) is 11.8 Å². The van der Waals surface area contributed by atoms with Crippen LogP contribution in [-0.2, 0) is 9.59 Å². The van der Waals surface area contributed by atoms with Crippen molar-refractivity contribution >= 4 is 35.0 Å². The Morgan fingerprint density at radius 1 is 0.867 bits per heavy atom. The molecule has 0 atom stereocenters. The normalized spacial score (nSPS) is 23.6. The Morgan fingerprint density at radius 3 is 1.90 bits per heavy atom. The van der Waals surface area contributed by atoms with Crippen molar-refractivity contribution in [2.75, 3.05) is 13.2 Å². The van der Waals surface area contributed by atoms with Crippen LogP contribution in [0, 0.1) is 5.82 Å². The first-order valence-corrected chi connectivity index (χ1v) is 10.1. The van der Waals surface area contributed by atoms with E-state index >= 15 is 0 Å². The predicted molar refractivity (Wildman–Crippen MR) is 109 cm³/mol. The fourth-order valence-electron chi connectivity index (χ4n) is 4.11. The molecule has 2 N–H and O–H groups in total. The molecule has 6 nitrogen and oxygen atoms in total. The maximum atomic E-state index is 13.4. The summed E-state index contributed by atoms with van der Waals surface area (Å²) in [5.74, 6) is -0.314. The van der Waals surface area contributed by atoms with Gasteiger partial charge in [0.2, 0.25) is 0 Å². The Kier molecular flexibility index (Phi) is 5.51. The molecule has 9 heteroatoms. The second-order valence-corrected chi connectivity index (χ2v) is 8.64. The fraction of sp³-hybridized carbons (Fsp3) is 0.333. The van der Waals surface area contributed by atoms with Crippen LogP contribution < -0.4 is 20.1 Å². The Bertz CT molecular complexity index is 964. The molecule has 2 aromatic carbocycles. The van der Waals surface area contributed by atoms with E-state index in [-0.39, 0.29) is 46.9 Å². The van der Waals surface area contributed by atoms with Crippen LogP contribution in [0.5, 0.6) is 11.5 Å². The van der Waals surface area contributed by atoms with Crippen LogP contribution in [0.15, 0.2) is 42.5 Å². The van der Waals surface area contributed by atoms with Gasteiger partial charge < -0.3 is 20.1 Å². The number of amides is 2. The standard InChI is InChI=1S/C21H19Cl2FN2O4/c22-13-1-3-14(4-2-13)29-8-18(27)25-20-10-21(11-20,12-20)26-19(28)9-30-15-5-6-16(23)17(24)7-15/h1-7H,8-12H2,(H,25,27)(H,26,28). The number of rotatable bonds is 8. The topological polar surface area (TPSA) is 76.7 Å². The highest BCUT2D eigenvalue weighted by Gasteiger charge is 2.69. The smallest absolute Gasteiger partial charge is 0.258 e. The van der Waals surface area contributed by atoms with E-state index in [1.807, 2.05) is 0 Å². The highest BCUT2D eigenvalue weighted by atomic mass is 35.5. The molecule has 30 heavy (non-hydrogen) atoms. The summed E-state index contributed by atoms with van der Waals surface area (Å²) in [6, 6.07) is 10.8. The lowest BCUT2D eigenvalue weighted by atomic mass is 9.44. The summed E-state index contributed by atoms with van der Waals surface area (Å²) in [4.78, 5) is 24.3. The summed E-state index contributed by atoms with van der Waals surface area (Å²) in [6.45, 7) is -0.314. The van der Waals surface area contributed by atoms with Gasteiger partial charge in [-0.15, -0.1) is 0 Å². The summed E-state index contributed by atoms with van der Waals surface area (Å²) in [6.07, 6.45) is 1.98. The molecular formula is C21H19Cl2FN2O4. The van der Waals surface area contributed by atoms with Crippen molar-refractivity contribution in [3.8, 4) is 11.5 Å². The number of hydrogen-bond donors (Lipinski definition) is 2. The van der Waals surface area contributed by atoms with E-state index in [4.69, 9.17) is 32.7 Å². The van der Waals surface area contributed by atoms with Crippen molar-refractivity contribution in [3.63, 3.8) is 0 Å². The Labute approximate surface area is 182 Å². The van der Waals surface area contributed by atoms with Crippen LogP contribution in [0.3, 0.4) is 0 Å². The minimum absolute atomic E-state index is 0.00780. The van der Waals surface area contributed by atoms with Gasteiger partial charge in [-0.3, -0.25) is 9.59 Å². The predicted octanol–water partition coefficient (Wildman–Crippen LogP) is 3.50. The van der Waals surface area contributed by atoms with Gasteiger partial charge >= 0.3 is 0 Å². The van der Waals surface area contributed by atoms with Crippen molar-refractivity contribution in [2.24, 2.45) is 0 Å². The minimum atomic E-state index is -0.605. The van der Waals surface area contributed by atoms with E-state index in [9.17, 15) is 14.0 Å². The van der Waals surface area contributed by atoms with Gasteiger partial charge in [0.1, 0.15) is 17.3 Å². The molecule has 0 aliphatic heterocycles. The lowest BCUT2D eigenvalue weighted by Gasteiger charge is -2.70. The number of ether oxygens (including phenoxy) is 2. The Hall–Kier alpha value is -2.51. The molecule has 0 saturated heterocycles. The third-order valence-electron chi connectivity index (χ3n) is 5.28. The molecule has 2 bridgehead atoms. The maximum absolute atomic E-state index is 13.4. The van der Waals surface area contributed by atoms with E-state index in [1.165, 1.54) is 12.1 Å². The van der Waals surface area contributed by atoms with Gasteiger partial charge in [0.15, 0.2) is 13.2 Å². The zero-order chi connectivity index (χ0) is 21.4. The molecule has 5 rings (SSSR count). The quantitative estimate of drug-likeness (QED) is 0.642. The maximum Gasteiger partial charge on any atom is 0.258 e. The van der Waals surface area contributed by atoms with E-state index in [1.54, 1.807) is 24.3 Å². The molecular weight excluding hydrogens is 434 g/mol. The Morgan fingerprint density at radius 2 is 1.37 bits per heavy atom. The van der Waals surface area contributed by atoms with E-state index < -0.39 is 5.82 Å².